The molecule has 0 aliphatic heterocycles. The molecule has 0 radical (unpaired) electrons. The standard InChI is InChI=1S/C14H20O3/c1-10(13(15)17-14(2,3)4)11-7-6-8-12(9-11)16-5/h6-10H,1-5H3. The summed E-state index contributed by atoms with van der Waals surface area (Å²) in [4.78, 5) is 11.9. The Kier molecular flexibility index (Phi) is 4.16. The van der Waals surface area contributed by atoms with Gasteiger partial charge in [0.1, 0.15) is 11.4 Å². The van der Waals surface area contributed by atoms with Gasteiger partial charge in [0.15, 0.2) is 0 Å². The van der Waals surface area contributed by atoms with Gasteiger partial charge in [0.25, 0.3) is 0 Å². The van der Waals surface area contributed by atoms with E-state index in [1.165, 1.54) is 0 Å². The van der Waals surface area contributed by atoms with E-state index in [0.717, 1.165) is 11.3 Å². The second kappa shape index (κ2) is 5.21. The van der Waals surface area contributed by atoms with Crippen molar-refractivity contribution in [2.24, 2.45) is 0 Å². The van der Waals surface area contributed by atoms with Crippen molar-refractivity contribution in [3.8, 4) is 5.75 Å². The highest BCUT2D eigenvalue weighted by Crippen LogP contribution is 2.23. The van der Waals surface area contributed by atoms with Crippen LogP contribution in [0.15, 0.2) is 24.3 Å². The van der Waals surface area contributed by atoms with Crippen LogP contribution in [-0.4, -0.2) is 18.7 Å². The SMILES string of the molecule is COc1cccc(C(C)C(=O)OC(C)(C)C)c1. The molecule has 17 heavy (non-hydrogen) atoms. The molecule has 1 rings (SSSR count). The van der Waals surface area contributed by atoms with Crippen LogP contribution in [0.3, 0.4) is 0 Å². The summed E-state index contributed by atoms with van der Waals surface area (Å²) in [6, 6.07) is 7.48. The Hall–Kier alpha value is -1.51. The highest BCUT2D eigenvalue weighted by atomic mass is 16.6. The van der Waals surface area contributed by atoms with Gasteiger partial charge in [-0.2, -0.15) is 0 Å². The van der Waals surface area contributed by atoms with Crippen molar-refractivity contribution in [3.63, 3.8) is 0 Å². The molecule has 3 heteroatoms. The predicted octanol–water partition coefficient (Wildman–Crippen LogP) is 3.14. The van der Waals surface area contributed by atoms with Crippen molar-refractivity contribution in [2.45, 2.75) is 39.2 Å². The van der Waals surface area contributed by atoms with Crippen molar-refractivity contribution < 1.29 is 14.3 Å². The molecular formula is C14H20O3. The predicted molar refractivity (Wildman–Crippen MR) is 67.3 cm³/mol. The van der Waals surface area contributed by atoms with Crippen LogP contribution in [0.5, 0.6) is 5.75 Å². The normalized spacial score (nSPS) is 13.0. The van der Waals surface area contributed by atoms with Crippen molar-refractivity contribution in [1.82, 2.24) is 0 Å². The van der Waals surface area contributed by atoms with Gasteiger partial charge >= 0.3 is 5.97 Å². The number of carbonyl (C=O) groups excluding carboxylic acids is 1. The Morgan fingerprint density at radius 2 is 1.94 bits per heavy atom. The summed E-state index contributed by atoms with van der Waals surface area (Å²) in [5.41, 5.74) is 0.447. The summed E-state index contributed by atoms with van der Waals surface area (Å²) in [6.07, 6.45) is 0. The lowest BCUT2D eigenvalue weighted by atomic mass is 10.0. The highest BCUT2D eigenvalue weighted by molar-refractivity contribution is 5.78. The molecule has 3 nitrogen and oxygen atoms in total. The van der Waals surface area contributed by atoms with Crippen LogP contribution in [0, 0.1) is 0 Å². The van der Waals surface area contributed by atoms with Crippen molar-refractivity contribution in [1.29, 1.82) is 0 Å². The third-order valence-corrected chi connectivity index (χ3v) is 2.35. The van der Waals surface area contributed by atoms with Gasteiger partial charge in [-0.15, -0.1) is 0 Å². The third-order valence-electron chi connectivity index (χ3n) is 2.35. The minimum Gasteiger partial charge on any atom is -0.497 e. The number of carbonyl (C=O) groups is 1. The Bertz CT molecular complexity index is 391. The number of ether oxygens (including phenoxy) is 2. The summed E-state index contributed by atoms with van der Waals surface area (Å²) in [5, 5.41) is 0. The average Bonchev–Trinajstić information content (AvgIpc) is 2.26. The van der Waals surface area contributed by atoms with Crippen molar-refractivity contribution >= 4 is 5.97 Å². The second-order valence-electron chi connectivity index (χ2n) is 5.03. The molecule has 0 saturated heterocycles. The zero-order chi connectivity index (χ0) is 13.1. The number of hydrogen-bond donors (Lipinski definition) is 0. The molecule has 1 atom stereocenters. The second-order valence-corrected chi connectivity index (χ2v) is 5.03. The number of benzene rings is 1. The van der Waals surface area contributed by atoms with E-state index in [4.69, 9.17) is 9.47 Å². The molecule has 0 fully saturated rings. The molecule has 0 heterocycles. The summed E-state index contributed by atoms with van der Waals surface area (Å²) in [6.45, 7) is 7.43. The maximum Gasteiger partial charge on any atom is 0.313 e. The summed E-state index contributed by atoms with van der Waals surface area (Å²) >= 11 is 0. The maximum absolute atomic E-state index is 11.9. The summed E-state index contributed by atoms with van der Waals surface area (Å²) < 4.78 is 10.5. The topological polar surface area (TPSA) is 35.5 Å². The van der Waals surface area contributed by atoms with E-state index in [1.807, 2.05) is 52.0 Å². The number of methoxy groups -OCH3 is 1. The molecule has 0 amide bonds. The summed E-state index contributed by atoms with van der Waals surface area (Å²) in [7, 11) is 1.61. The number of hydrogen-bond acceptors (Lipinski definition) is 3. The largest absolute Gasteiger partial charge is 0.497 e. The Morgan fingerprint density at radius 3 is 2.47 bits per heavy atom. The average molecular weight is 236 g/mol. The minimum absolute atomic E-state index is 0.217. The molecule has 0 bridgehead atoms. The number of rotatable bonds is 3. The van der Waals surface area contributed by atoms with E-state index < -0.39 is 5.60 Å². The van der Waals surface area contributed by atoms with Gasteiger partial charge in [-0.05, 0) is 45.4 Å². The zero-order valence-electron chi connectivity index (χ0n) is 11.1. The zero-order valence-corrected chi connectivity index (χ0v) is 11.1. The van der Waals surface area contributed by atoms with E-state index in [9.17, 15) is 4.79 Å². The fraction of sp³-hybridized carbons (Fsp3) is 0.500. The molecule has 94 valence electrons. The van der Waals surface area contributed by atoms with Gasteiger partial charge < -0.3 is 9.47 Å². The Labute approximate surface area is 103 Å². The molecule has 0 aliphatic carbocycles. The van der Waals surface area contributed by atoms with E-state index in [0.29, 0.717) is 0 Å². The highest BCUT2D eigenvalue weighted by Gasteiger charge is 2.23. The Morgan fingerprint density at radius 1 is 1.29 bits per heavy atom. The van der Waals surface area contributed by atoms with E-state index in [2.05, 4.69) is 0 Å². The first kappa shape index (κ1) is 13.6. The number of esters is 1. The van der Waals surface area contributed by atoms with Crippen LogP contribution in [-0.2, 0) is 9.53 Å². The van der Waals surface area contributed by atoms with Gasteiger partial charge in [-0.25, -0.2) is 0 Å². The van der Waals surface area contributed by atoms with Crippen molar-refractivity contribution in [2.75, 3.05) is 7.11 Å². The van der Waals surface area contributed by atoms with Crippen LogP contribution in [0.4, 0.5) is 0 Å². The molecule has 1 unspecified atom stereocenters. The molecule has 0 N–H and O–H groups in total. The van der Waals surface area contributed by atoms with Crippen LogP contribution in [0.25, 0.3) is 0 Å². The molecule has 0 aromatic heterocycles. The lowest BCUT2D eigenvalue weighted by Gasteiger charge is -2.22. The van der Waals surface area contributed by atoms with Crippen LogP contribution < -0.4 is 4.74 Å². The van der Waals surface area contributed by atoms with Gasteiger partial charge in [0, 0.05) is 0 Å². The van der Waals surface area contributed by atoms with Gasteiger partial charge in [-0.1, -0.05) is 12.1 Å². The molecule has 0 spiro atoms. The molecule has 0 aliphatic rings. The van der Waals surface area contributed by atoms with Gasteiger partial charge in [0.05, 0.1) is 13.0 Å². The first-order valence-electron chi connectivity index (χ1n) is 5.70. The van der Waals surface area contributed by atoms with E-state index >= 15 is 0 Å². The van der Waals surface area contributed by atoms with E-state index in [-0.39, 0.29) is 11.9 Å². The monoisotopic (exact) mass is 236 g/mol. The Balaban J connectivity index is 2.81. The van der Waals surface area contributed by atoms with Gasteiger partial charge in [-0.3, -0.25) is 4.79 Å². The van der Waals surface area contributed by atoms with Crippen molar-refractivity contribution in [3.05, 3.63) is 29.8 Å². The van der Waals surface area contributed by atoms with Crippen LogP contribution in [0.2, 0.25) is 0 Å². The third kappa shape index (κ3) is 4.10. The first-order valence-corrected chi connectivity index (χ1v) is 5.70. The van der Waals surface area contributed by atoms with Gasteiger partial charge in [0.2, 0.25) is 0 Å². The fourth-order valence-electron chi connectivity index (χ4n) is 1.44. The fourth-order valence-corrected chi connectivity index (χ4v) is 1.44. The lowest BCUT2D eigenvalue weighted by molar-refractivity contribution is -0.156. The molecule has 1 aromatic rings. The maximum atomic E-state index is 11.9. The van der Waals surface area contributed by atoms with Crippen LogP contribution in [0.1, 0.15) is 39.2 Å². The first-order chi connectivity index (χ1) is 7.83. The van der Waals surface area contributed by atoms with E-state index in [1.54, 1.807) is 7.11 Å². The molecule has 0 saturated carbocycles. The quantitative estimate of drug-likeness (QED) is 0.756. The smallest absolute Gasteiger partial charge is 0.313 e. The molecular weight excluding hydrogens is 216 g/mol. The molecule has 1 aromatic carbocycles. The minimum atomic E-state index is -0.454. The van der Waals surface area contributed by atoms with Crippen LogP contribution >= 0.6 is 0 Å². The lowest BCUT2D eigenvalue weighted by Crippen LogP contribution is -2.26. The summed E-state index contributed by atoms with van der Waals surface area (Å²) in [5.74, 6) is 0.244.